The fourth-order valence-electron chi connectivity index (χ4n) is 2.68. The largest absolute Gasteiger partial charge is 0.609 e. The van der Waals surface area contributed by atoms with Crippen LogP contribution in [0, 0.1) is 5.92 Å². The van der Waals surface area contributed by atoms with Crippen molar-refractivity contribution in [3.8, 4) is 0 Å². The number of ether oxygens (including phenoxy) is 1. The molecule has 0 radical (unpaired) electrons. The average Bonchev–Trinajstić information content (AvgIpc) is 2.64. The first-order valence-corrected chi connectivity index (χ1v) is 9.89. The summed E-state index contributed by atoms with van der Waals surface area (Å²) < 4.78 is 23.9. The highest BCUT2D eigenvalue weighted by Gasteiger charge is 2.20. The second-order valence-electron chi connectivity index (χ2n) is 6.63. The molecular formula is C20H20O6S. The van der Waals surface area contributed by atoms with Crippen LogP contribution in [0.25, 0.3) is 21.9 Å². The molecule has 0 spiro atoms. The second-order valence-corrected chi connectivity index (χ2v) is 8.00. The van der Waals surface area contributed by atoms with Gasteiger partial charge < -0.3 is 18.8 Å². The Bertz CT molecular complexity index is 1040. The Morgan fingerprint density at radius 1 is 1.26 bits per heavy atom. The van der Waals surface area contributed by atoms with Crippen LogP contribution in [0.1, 0.15) is 30.6 Å². The van der Waals surface area contributed by atoms with Gasteiger partial charge in [-0.1, -0.05) is 19.9 Å². The Kier molecular flexibility index (Phi) is 5.84. The monoisotopic (exact) mass is 388 g/mol. The minimum absolute atomic E-state index is 0.00688. The summed E-state index contributed by atoms with van der Waals surface area (Å²) in [6.07, 6.45) is 0.873. The van der Waals surface area contributed by atoms with Crippen molar-refractivity contribution in [2.24, 2.45) is 5.92 Å². The zero-order valence-electron chi connectivity index (χ0n) is 15.1. The number of hydrogen-bond donors (Lipinski definition) is 1. The zero-order valence-corrected chi connectivity index (χ0v) is 15.9. The molecule has 0 saturated heterocycles. The van der Waals surface area contributed by atoms with Crippen molar-refractivity contribution < 1.29 is 23.6 Å². The molecule has 1 aromatic heterocycles. The van der Waals surface area contributed by atoms with Crippen LogP contribution in [0.4, 0.5) is 0 Å². The molecule has 27 heavy (non-hydrogen) atoms. The number of carboxylic acid groups (broad SMARTS) is 1. The maximum absolute atomic E-state index is 12.8. The van der Waals surface area contributed by atoms with Gasteiger partial charge in [-0.25, -0.2) is 4.79 Å². The summed E-state index contributed by atoms with van der Waals surface area (Å²) in [7, 11) is 0. The number of para-hydroxylation sites is 1. The van der Waals surface area contributed by atoms with Gasteiger partial charge in [-0.2, -0.15) is 0 Å². The molecule has 6 nitrogen and oxygen atoms in total. The van der Waals surface area contributed by atoms with Crippen molar-refractivity contribution in [2.75, 3.05) is 12.5 Å². The van der Waals surface area contributed by atoms with E-state index < -0.39 is 17.1 Å². The van der Waals surface area contributed by atoms with Gasteiger partial charge >= 0.3 is 5.97 Å². The van der Waals surface area contributed by atoms with Crippen LogP contribution in [0.5, 0.6) is 0 Å². The van der Waals surface area contributed by atoms with Gasteiger partial charge in [0.25, 0.3) is 0 Å². The van der Waals surface area contributed by atoms with Crippen LogP contribution in [-0.4, -0.2) is 28.2 Å². The molecular weight excluding hydrogens is 368 g/mol. The topological polar surface area (TPSA) is 99.8 Å². The van der Waals surface area contributed by atoms with E-state index in [9.17, 15) is 14.1 Å². The molecule has 0 aliphatic heterocycles. The predicted octanol–water partition coefficient (Wildman–Crippen LogP) is 3.77. The third kappa shape index (κ3) is 4.16. The number of carboxylic acids is 1. The van der Waals surface area contributed by atoms with E-state index in [1.807, 2.05) is 0 Å². The van der Waals surface area contributed by atoms with Crippen molar-refractivity contribution in [2.45, 2.75) is 25.2 Å². The third-order valence-electron chi connectivity index (χ3n) is 4.18. The Balaban J connectivity index is 2.00. The summed E-state index contributed by atoms with van der Waals surface area (Å²) in [5.74, 6) is -0.605. The molecule has 0 fully saturated rings. The first-order chi connectivity index (χ1) is 12.9. The summed E-state index contributed by atoms with van der Waals surface area (Å²) in [5.41, 5.74) is 0.146. The Hall–Kier alpha value is -2.35. The van der Waals surface area contributed by atoms with Crippen LogP contribution in [0.2, 0.25) is 0 Å². The second kappa shape index (κ2) is 8.12. The summed E-state index contributed by atoms with van der Waals surface area (Å²) in [6, 6.07) is 8.96. The van der Waals surface area contributed by atoms with Crippen molar-refractivity contribution in [1.29, 1.82) is 0 Å². The molecule has 0 bridgehead atoms. The lowest BCUT2D eigenvalue weighted by molar-refractivity contribution is 0.0697. The van der Waals surface area contributed by atoms with Crippen molar-refractivity contribution in [3.05, 3.63) is 52.2 Å². The summed E-state index contributed by atoms with van der Waals surface area (Å²) in [5, 5.41) is 9.56. The summed E-state index contributed by atoms with van der Waals surface area (Å²) in [6.45, 7) is 4.68. The van der Waals surface area contributed by atoms with Gasteiger partial charge in [0.1, 0.15) is 5.58 Å². The van der Waals surface area contributed by atoms with Gasteiger partial charge in [-0.3, -0.25) is 4.79 Å². The van der Waals surface area contributed by atoms with E-state index in [4.69, 9.17) is 14.3 Å². The number of benzene rings is 2. The SMILES string of the molecule is CC(C)CCOC[S+]([O-])c1cccc2c(=O)c3cc(C(=O)O)ccc3oc12. The number of hydrogen-bond acceptors (Lipinski definition) is 5. The predicted molar refractivity (Wildman–Crippen MR) is 104 cm³/mol. The molecule has 7 heteroatoms. The van der Waals surface area contributed by atoms with Gasteiger partial charge in [0.2, 0.25) is 11.4 Å². The van der Waals surface area contributed by atoms with Crippen molar-refractivity contribution >= 4 is 39.1 Å². The molecule has 3 aromatic rings. The molecule has 1 N–H and O–H groups in total. The molecule has 0 amide bonds. The van der Waals surface area contributed by atoms with E-state index in [1.54, 1.807) is 18.2 Å². The minimum Gasteiger partial charge on any atom is -0.609 e. The van der Waals surface area contributed by atoms with Gasteiger partial charge in [-0.15, -0.1) is 0 Å². The lowest BCUT2D eigenvalue weighted by Gasteiger charge is -2.13. The molecule has 142 valence electrons. The minimum atomic E-state index is -1.48. The smallest absolute Gasteiger partial charge is 0.335 e. The molecule has 0 aliphatic carbocycles. The highest BCUT2D eigenvalue weighted by atomic mass is 32.2. The Morgan fingerprint density at radius 2 is 2.04 bits per heavy atom. The Labute approximate surface area is 158 Å². The van der Waals surface area contributed by atoms with Crippen LogP contribution in [0.3, 0.4) is 0 Å². The van der Waals surface area contributed by atoms with Crippen LogP contribution >= 0.6 is 0 Å². The van der Waals surface area contributed by atoms with Crippen molar-refractivity contribution in [1.82, 2.24) is 0 Å². The highest BCUT2D eigenvalue weighted by molar-refractivity contribution is 7.91. The molecule has 1 unspecified atom stereocenters. The van der Waals surface area contributed by atoms with Crippen LogP contribution in [0.15, 0.2) is 50.5 Å². The van der Waals surface area contributed by atoms with E-state index in [0.717, 1.165) is 6.42 Å². The molecule has 1 atom stereocenters. The summed E-state index contributed by atoms with van der Waals surface area (Å²) in [4.78, 5) is 24.3. The lowest BCUT2D eigenvalue weighted by Crippen LogP contribution is -2.13. The molecule has 3 rings (SSSR count). The normalized spacial score (nSPS) is 12.7. The fourth-order valence-corrected chi connectivity index (χ4v) is 3.67. The average molecular weight is 388 g/mol. The van der Waals surface area contributed by atoms with E-state index in [2.05, 4.69) is 13.8 Å². The quantitative estimate of drug-likeness (QED) is 0.376. The lowest BCUT2D eigenvalue weighted by atomic mass is 10.1. The molecule has 0 saturated carbocycles. The van der Waals surface area contributed by atoms with Crippen molar-refractivity contribution in [3.63, 3.8) is 0 Å². The number of carbonyl (C=O) groups is 1. The van der Waals surface area contributed by atoms with E-state index in [-0.39, 0.29) is 38.9 Å². The number of rotatable bonds is 7. The fraction of sp³-hybridized carbons (Fsp3) is 0.300. The Morgan fingerprint density at radius 3 is 2.74 bits per heavy atom. The van der Waals surface area contributed by atoms with E-state index in [0.29, 0.717) is 17.4 Å². The number of aromatic carboxylic acids is 1. The summed E-state index contributed by atoms with van der Waals surface area (Å²) >= 11 is -1.48. The van der Waals surface area contributed by atoms with Gasteiger partial charge in [0.05, 0.1) is 22.9 Å². The first kappa shape index (κ1) is 19.4. The van der Waals surface area contributed by atoms with E-state index in [1.165, 1.54) is 18.2 Å². The zero-order chi connectivity index (χ0) is 19.6. The van der Waals surface area contributed by atoms with Gasteiger partial charge in [0, 0.05) is 11.2 Å². The third-order valence-corrected chi connectivity index (χ3v) is 5.37. The highest BCUT2D eigenvalue weighted by Crippen LogP contribution is 2.26. The standard InChI is InChI=1S/C20H20O6S/c1-12(2)8-9-25-11-27(24)17-5-3-4-14-18(21)15-10-13(20(22)23)6-7-16(15)26-19(14)17/h3-7,10,12H,8-9,11H2,1-2H3,(H,22,23). The van der Waals surface area contributed by atoms with Crippen LogP contribution < -0.4 is 5.43 Å². The maximum atomic E-state index is 12.8. The molecule has 1 heterocycles. The van der Waals surface area contributed by atoms with Gasteiger partial charge in [0.15, 0.2) is 10.5 Å². The molecule has 0 aliphatic rings. The number of fused-ring (bicyclic) bond motifs is 2. The van der Waals surface area contributed by atoms with Gasteiger partial charge in [-0.05, 0) is 42.7 Å². The maximum Gasteiger partial charge on any atom is 0.335 e. The first-order valence-electron chi connectivity index (χ1n) is 8.57. The molecule has 2 aromatic carbocycles. The van der Waals surface area contributed by atoms with Crippen LogP contribution in [-0.2, 0) is 15.9 Å². The van der Waals surface area contributed by atoms with E-state index >= 15 is 0 Å².